The second kappa shape index (κ2) is 8.39. The topological polar surface area (TPSA) is 50.7 Å². The smallest absolute Gasteiger partial charge is 0.180 e. The van der Waals surface area contributed by atoms with Crippen LogP contribution in [0.25, 0.3) is 0 Å². The van der Waals surface area contributed by atoms with Crippen LogP contribution in [0.15, 0.2) is 64.8 Å². The van der Waals surface area contributed by atoms with E-state index in [4.69, 9.17) is 5.73 Å². The van der Waals surface area contributed by atoms with Crippen molar-refractivity contribution in [2.24, 2.45) is 15.9 Å². The maximum absolute atomic E-state index is 5.85. The zero-order valence-corrected chi connectivity index (χ0v) is 13.8. The molecule has 0 aliphatic heterocycles. The Morgan fingerprint density at radius 3 is 2.41 bits per heavy atom. The van der Waals surface area contributed by atoms with E-state index in [9.17, 15) is 0 Å². The quantitative estimate of drug-likeness (QED) is 0.506. The molecule has 3 nitrogen and oxygen atoms in total. The lowest BCUT2D eigenvalue weighted by Crippen LogP contribution is -2.05. The van der Waals surface area contributed by atoms with Gasteiger partial charge in [-0.3, -0.25) is 0 Å². The third-order valence-electron chi connectivity index (χ3n) is 3.20. The van der Waals surface area contributed by atoms with E-state index in [0.29, 0.717) is 11.1 Å². The van der Waals surface area contributed by atoms with E-state index < -0.39 is 0 Å². The number of hydrogen-bond donors (Lipinski definition) is 1. The van der Waals surface area contributed by atoms with Crippen molar-refractivity contribution in [1.29, 1.82) is 0 Å². The third-order valence-corrected chi connectivity index (χ3v) is 4.05. The molecule has 0 saturated heterocycles. The van der Waals surface area contributed by atoms with Gasteiger partial charge in [0.1, 0.15) is 0 Å². The summed E-state index contributed by atoms with van der Waals surface area (Å²) < 4.78 is 0. The summed E-state index contributed by atoms with van der Waals surface area (Å²) in [5.74, 6) is 1.34. The van der Waals surface area contributed by atoms with Gasteiger partial charge in [-0.05, 0) is 22.6 Å². The first-order chi connectivity index (χ1) is 10.6. The van der Waals surface area contributed by atoms with Crippen LogP contribution < -0.4 is 5.73 Å². The van der Waals surface area contributed by atoms with Gasteiger partial charge in [0.2, 0.25) is 0 Å². The molecule has 0 aromatic heterocycles. The number of benzene rings is 2. The minimum absolute atomic E-state index is 0.471. The van der Waals surface area contributed by atoms with Crippen molar-refractivity contribution in [3.05, 3.63) is 71.3 Å². The van der Waals surface area contributed by atoms with Gasteiger partial charge in [-0.1, -0.05) is 80.2 Å². The molecule has 0 aliphatic rings. The van der Waals surface area contributed by atoms with E-state index in [1.54, 1.807) is 6.21 Å². The molecule has 0 amide bonds. The van der Waals surface area contributed by atoms with Gasteiger partial charge in [-0.2, -0.15) is 5.10 Å². The maximum atomic E-state index is 5.85. The minimum atomic E-state index is 0.471. The Hall–Kier alpha value is -2.07. The molecular weight excluding hydrogens is 290 g/mol. The lowest BCUT2D eigenvalue weighted by molar-refractivity contribution is 0.866. The van der Waals surface area contributed by atoms with Gasteiger partial charge in [-0.25, -0.2) is 0 Å². The molecular formula is C18H21N3S. The monoisotopic (exact) mass is 311 g/mol. The van der Waals surface area contributed by atoms with Crippen molar-refractivity contribution >= 4 is 23.1 Å². The molecule has 0 unspecified atom stereocenters. The summed E-state index contributed by atoms with van der Waals surface area (Å²) in [5.41, 5.74) is 9.41. The first-order valence-corrected chi connectivity index (χ1v) is 8.27. The maximum Gasteiger partial charge on any atom is 0.180 e. The van der Waals surface area contributed by atoms with Gasteiger partial charge in [0.25, 0.3) is 0 Å². The average molecular weight is 311 g/mol. The number of rotatable bonds is 5. The predicted octanol–water partition coefficient (Wildman–Crippen LogP) is 4.39. The summed E-state index contributed by atoms with van der Waals surface area (Å²) in [7, 11) is 0. The highest BCUT2D eigenvalue weighted by atomic mass is 32.2. The van der Waals surface area contributed by atoms with Crippen LogP contribution in [-0.2, 0) is 5.75 Å². The molecule has 114 valence electrons. The molecule has 0 fully saturated rings. The van der Waals surface area contributed by atoms with Crippen molar-refractivity contribution in [3.8, 4) is 0 Å². The molecule has 0 radical (unpaired) electrons. The number of amidine groups is 1. The van der Waals surface area contributed by atoms with Gasteiger partial charge in [-0.15, -0.1) is 5.10 Å². The SMILES string of the molecule is CC(C)c1ccc(C=NN=C(N)SCc2ccccc2)cc1. The lowest BCUT2D eigenvalue weighted by atomic mass is 10.0. The number of hydrogen-bond acceptors (Lipinski definition) is 3. The number of nitrogens with zero attached hydrogens (tertiary/aromatic N) is 2. The molecule has 0 spiro atoms. The zero-order valence-electron chi connectivity index (χ0n) is 12.9. The molecule has 4 heteroatoms. The van der Waals surface area contributed by atoms with Gasteiger partial charge in [0.15, 0.2) is 5.17 Å². The molecule has 2 rings (SSSR count). The molecule has 0 bridgehead atoms. The van der Waals surface area contributed by atoms with E-state index in [1.807, 2.05) is 30.3 Å². The third kappa shape index (κ3) is 5.37. The van der Waals surface area contributed by atoms with Crippen LogP contribution in [-0.4, -0.2) is 11.4 Å². The predicted molar refractivity (Wildman–Crippen MR) is 97.5 cm³/mol. The molecule has 0 atom stereocenters. The van der Waals surface area contributed by atoms with Crippen molar-refractivity contribution in [2.75, 3.05) is 0 Å². The van der Waals surface area contributed by atoms with Gasteiger partial charge in [0, 0.05) is 5.75 Å². The fourth-order valence-corrected chi connectivity index (χ4v) is 2.49. The van der Waals surface area contributed by atoms with Crippen LogP contribution in [0.4, 0.5) is 0 Å². The van der Waals surface area contributed by atoms with Crippen molar-refractivity contribution in [1.82, 2.24) is 0 Å². The summed E-state index contributed by atoms with van der Waals surface area (Å²) in [6.45, 7) is 4.36. The fraction of sp³-hybridized carbons (Fsp3) is 0.222. The zero-order chi connectivity index (χ0) is 15.8. The Balaban J connectivity index is 1.87. The normalized spacial score (nSPS) is 12.2. The molecule has 0 aliphatic carbocycles. The second-order valence-corrected chi connectivity index (χ2v) is 6.27. The fourth-order valence-electron chi connectivity index (χ4n) is 1.88. The summed E-state index contributed by atoms with van der Waals surface area (Å²) in [4.78, 5) is 0. The molecule has 2 N–H and O–H groups in total. The molecule has 0 saturated carbocycles. The molecule has 2 aromatic rings. The van der Waals surface area contributed by atoms with Crippen LogP contribution in [0.1, 0.15) is 36.5 Å². The first kappa shape index (κ1) is 16.3. The van der Waals surface area contributed by atoms with Crippen molar-refractivity contribution in [3.63, 3.8) is 0 Å². The van der Waals surface area contributed by atoms with Gasteiger partial charge < -0.3 is 5.73 Å². The Bertz CT molecular complexity index is 631. The van der Waals surface area contributed by atoms with Crippen molar-refractivity contribution < 1.29 is 0 Å². The summed E-state index contributed by atoms with van der Waals surface area (Å²) >= 11 is 1.49. The molecule has 22 heavy (non-hydrogen) atoms. The van der Waals surface area contributed by atoms with Crippen LogP contribution in [0.2, 0.25) is 0 Å². The largest absolute Gasteiger partial charge is 0.377 e. The van der Waals surface area contributed by atoms with E-state index in [-0.39, 0.29) is 0 Å². The number of nitrogens with two attached hydrogens (primary N) is 1. The highest BCUT2D eigenvalue weighted by Gasteiger charge is 1.98. The summed E-state index contributed by atoms with van der Waals surface area (Å²) in [6.07, 6.45) is 1.72. The average Bonchev–Trinajstić information content (AvgIpc) is 2.54. The van der Waals surface area contributed by atoms with Crippen LogP contribution in [0, 0.1) is 0 Å². The Labute approximate surface area is 136 Å². The van der Waals surface area contributed by atoms with Crippen LogP contribution in [0.3, 0.4) is 0 Å². The van der Waals surface area contributed by atoms with Crippen LogP contribution >= 0.6 is 11.8 Å². The molecule has 2 aromatic carbocycles. The van der Waals surface area contributed by atoms with E-state index in [1.165, 1.54) is 22.9 Å². The number of thioether (sulfide) groups is 1. The highest BCUT2D eigenvalue weighted by Crippen LogP contribution is 2.14. The minimum Gasteiger partial charge on any atom is -0.377 e. The second-order valence-electron chi connectivity index (χ2n) is 5.28. The van der Waals surface area contributed by atoms with Crippen LogP contribution in [0.5, 0.6) is 0 Å². The van der Waals surface area contributed by atoms with E-state index >= 15 is 0 Å². The first-order valence-electron chi connectivity index (χ1n) is 7.28. The highest BCUT2D eigenvalue weighted by molar-refractivity contribution is 8.13. The van der Waals surface area contributed by atoms with E-state index in [0.717, 1.165) is 11.3 Å². The molecule has 0 heterocycles. The van der Waals surface area contributed by atoms with Gasteiger partial charge >= 0.3 is 0 Å². The standard InChI is InChI=1S/C18H21N3S/c1-14(2)17-10-8-15(9-11-17)12-20-21-18(19)22-13-16-6-4-3-5-7-16/h3-12,14H,13H2,1-2H3,(H2,19,21). The Kier molecular flexibility index (Phi) is 6.22. The van der Waals surface area contributed by atoms with Gasteiger partial charge in [0.05, 0.1) is 6.21 Å². The Morgan fingerprint density at radius 1 is 1.09 bits per heavy atom. The summed E-state index contributed by atoms with van der Waals surface area (Å²) in [6, 6.07) is 18.5. The Morgan fingerprint density at radius 2 is 1.77 bits per heavy atom. The lowest BCUT2D eigenvalue weighted by Gasteiger charge is -2.04. The summed E-state index contributed by atoms with van der Waals surface area (Å²) in [5, 5.41) is 8.54. The van der Waals surface area contributed by atoms with Crippen molar-refractivity contribution in [2.45, 2.75) is 25.5 Å². The van der Waals surface area contributed by atoms with E-state index in [2.05, 4.69) is 48.3 Å².